The fourth-order valence-corrected chi connectivity index (χ4v) is 5.41. The van der Waals surface area contributed by atoms with E-state index in [9.17, 15) is 9.00 Å². The van der Waals surface area contributed by atoms with Crippen LogP contribution in [0, 0.1) is 5.92 Å². The second-order valence-electron chi connectivity index (χ2n) is 7.92. The van der Waals surface area contributed by atoms with Crippen LogP contribution in [0.5, 0.6) is 0 Å². The number of hydrogen-bond donors (Lipinski definition) is 0. The van der Waals surface area contributed by atoms with E-state index in [1.807, 2.05) is 56.0 Å². The van der Waals surface area contributed by atoms with Crippen molar-refractivity contribution in [3.05, 3.63) is 35.9 Å². The van der Waals surface area contributed by atoms with E-state index in [0.29, 0.717) is 17.4 Å². The molecule has 0 N–H and O–H groups in total. The van der Waals surface area contributed by atoms with Crippen LogP contribution in [0.15, 0.2) is 30.3 Å². The van der Waals surface area contributed by atoms with E-state index in [1.165, 1.54) is 0 Å². The topological polar surface area (TPSA) is 46.6 Å². The number of carbonyl (C=O) groups is 1. The van der Waals surface area contributed by atoms with E-state index in [-0.39, 0.29) is 18.2 Å². The number of hydrogen-bond acceptors (Lipinski definition) is 3. The molecule has 3 rings (SSSR count). The van der Waals surface area contributed by atoms with Crippen LogP contribution in [0.4, 0.5) is 4.79 Å². The first-order valence-corrected chi connectivity index (χ1v) is 10.2. The van der Waals surface area contributed by atoms with Gasteiger partial charge in [-0.05, 0) is 51.5 Å². The summed E-state index contributed by atoms with van der Waals surface area (Å²) in [6.07, 6.45) is 2.98. The van der Waals surface area contributed by atoms with E-state index in [4.69, 9.17) is 4.74 Å². The van der Waals surface area contributed by atoms with Gasteiger partial charge in [-0.25, -0.2) is 4.79 Å². The van der Waals surface area contributed by atoms with Crippen molar-refractivity contribution in [3.8, 4) is 0 Å². The van der Waals surface area contributed by atoms with Gasteiger partial charge >= 0.3 is 6.09 Å². The number of amides is 1. The Kier molecular flexibility index (Phi) is 5.00. The fraction of sp³-hybridized carbons (Fsp3) is 0.632. The van der Waals surface area contributed by atoms with Crippen molar-refractivity contribution in [2.24, 2.45) is 5.92 Å². The molecular formula is C19H27NO3S. The number of carbonyl (C=O) groups excluding carboxylic acids is 1. The Balaban J connectivity index is 1.66. The normalized spacial score (nSPS) is 27.3. The van der Waals surface area contributed by atoms with Crippen LogP contribution >= 0.6 is 0 Å². The summed E-state index contributed by atoms with van der Waals surface area (Å²) in [5.41, 5.74) is 0.593. The number of piperidine rings is 1. The third-order valence-electron chi connectivity index (χ3n) is 4.87. The van der Waals surface area contributed by atoms with Gasteiger partial charge in [0.25, 0.3) is 0 Å². The zero-order valence-corrected chi connectivity index (χ0v) is 15.6. The Bertz CT molecular complexity index is 611. The maximum Gasteiger partial charge on any atom is 0.410 e. The van der Waals surface area contributed by atoms with Crippen LogP contribution in [0.25, 0.3) is 0 Å². The van der Waals surface area contributed by atoms with Crippen LogP contribution in [-0.4, -0.2) is 38.6 Å². The molecule has 2 fully saturated rings. The van der Waals surface area contributed by atoms with Crippen molar-refractivity contribution >= 4 is 16.9 Å². The Hall–Kier alpha value is -1.36. The van der Waals surface area contributed by atoms with Crippen molar-refractivity contribution in [2.45, 2.75) is 63.5 Å². The molecule has 0 unspecified atom stereocenters. The molecule has 132 valence electrons. The lowest BCUT2D eigenvalue weighted by molar-refractivity contribution is 0.0101. The van der Waals surface area contributed by atoms with E-state index in [1.54, 1.807) is 0 Å². The van der Waals surface area contributed by atoms with Crippen molar-refractivity contribution in [1.29, 1.82) is 0 Å². The molecule has 1 aliphatic heterocycles. The smallest absolute Gasteiger partial charge is 0.410 e. The first-order chi connectivity index (χ1) is 11.3. The summed E-state index contributed by atoms with van der Waals surface area (Å²) in [4.78, 5) is 14.5. The molecule has 1 saturated heterocycles. The summed E-state index contributed by atoms with van der Waals surface area (Å²) >= 11 is 0. The van der Waals surface area contributed by atoms with Gasteiger partial charge in [0.1, 0.15) is 5.60 Å². The highest BCUT2D eigenvalue weighted by molar-refractivity contribution is 7.84. The highest BCUT2D eigenvalue weighted by Crippen LogP contribution is 2.43. The van der Waals surface area contributed by atoms with Crippen molar-refractivity contribution < 1.29 is 13.7 Å². The summed E-state index contributed by atoms with van der Waals surface area (Å²) < 4.78 is 18.2. The zero-order chi connectivity index (χ0) is 17.3. The summed E-state index contributed by atoms with van der Waals surface area (Å²) in [6, 6.07) is 10.2. The molecule has 2 aliphatic rings. The van der Waals surface area contributed by atoms with Crippen molar-refractivity contribution in [1.82, 2.24) is 4.90 Å². The molecule has 1 aromatic carbocycles. The van der Waals surface area contributed by atoms with Gasteiger partial charge in [-0.3, -0.25) is 4.21 Å². The zero-order valence-electron chi connectivity index (χ0n) is 14.7. The third kappa shape index (κ3) is 4.00. The Morgan fingerprint density at radius 2 is 1.96 bits per heavy atom. The monoisotopic (exact) mass is 349 g/mol. The van der Waals surface area contributed by atoms with Crippen LogP contribution in [0.3, 0.4) is 0 Å². The summed E-state index contributed by atoms with van der Waals surface area (Å²) in [6.45, 7) is 5.67. The molecule has 1 saturated carbocycles. The van der Waals surface area contributed by atoms with Crippen molar-refractivity contribution in [2.75, 3.05) is 5.75 Å². The number of nitrogens with zero attached hydrogens (tertiary/aromatic N) is 1. The minimum absolute atomic E-state index is 0.0585. The molecule has 0 radical (unpaired) electrons. The maximum atomic E-state index is 12.6. The molecule has 5 heteroatoms. The lowest BCUT2D eigenvalue weighted by Crippen LogP contribution is -2.49. The van der Waals surface area contributed by atoms with Gasteiger partial charge in [-0.15, -0.1) is 0 Å². The lowest BCUT2D eigenvalue weighted by atomic mass is 10.0. The minimum Gasteiger partial charge on any atom is -0.444 e. The molecular weight excluding hydrogens is 322 g/mol. The number of benzene rings is 1. The van der Waals surface area contributed by atoms with E-state index < -0.39 is 16.4 Å². The molecule has 4 atom stereocenters. The van der Waals surface area contributed by atoms with Gasteiger partial charge < -0.3 is 9.64 Å². The summed E-state index contributed by atoms with van der Waals surface area (Å²) in [5, 5.41) is 0. The van der Waals surface area contributed by atoms with Gasteiger partial charge in [0.2, 0.25) is 0 Å². The molecule has 1 aromatic rings. The summed E-state index contributed by atoms with van der Waals surface area (Å²) in [7, 11) is -0.972. The Morgan fingerprint density at radius 1 is 1.25 bits per heavy atom. The number of likely N-dealkylation sites (tertiary alicyclic amines) is 1. The van der Waals surface area contributed by atoms with E-state index in [0.717, 1.165) is 24.8 Å². The van der Waals surface area contributed by atoms with Crippen LogP contribution in [0.2, 0.25) is 0 Å². The first kappa shape index (κ1) is 17.5. The van der Waals surface area contributed by atoms with Gasteiger partial charge in [0, 0.05) is 34.4 Å². The second-order valence-corrected chi connectivity index (χ2v) is 9.42. The lowest BCUT2D eigenvalue weighted by Gasteiger charge is -2.36. The quantitative estimate of drug-likeness (QED) is 0.832. The summed E-state index contributed by atoms with van der Waals surface area (Å²) in [5.74, 6) is 1.58. The number of rotatable bonds is 4. The standard InChI is InChI=1S/C19H27NO3S/c1-19(2,3)23-18(21)20-16-10-9-15(11-16)17(20)13-24(22)12-14-7-5-4-6-8-14/h4-8,15-17H,9-13H2,1-3H3/t15-,16+,17+,24+/m1/s1. The van der Waals surface area contributed by atoms with Crippen LogP contribution in [-0.2, 0) is 21.3 Å². The molecule has 24 heavy (non-hydrogen) atoms. The fourth-order valence-electron chi connectivity index (χ4n) is 3.92. The first-order valence-electron chi connectivity index (χ1n) is 8.74. The molecule has 1 heterocycles. The maximum absolute atomic E-state index is 12.6. The molecule has 4 nitrogen and oxygen atoms in total. The predicted molar refractivity (Wildman–Crippen MR) is 96.1 cm³/mol. The highest BCUT2D eigenvalue weighted by Gasteiger charge is 2.49. The predicted octanol–water partition coefficient (Wildman–Crippen LogP) is 3.72. The third-order valence-corrected chi connectivity index (χ3v) is 6.24. The molecule has 1 amide bonds. The SMILES string of the molecule is CC(C)(C)OC(=O)N1[C@H]2CC[C@H](C2)[C@@H]1C[S@@](=O)Cc1ccccc1. The van der Waals surface area contributed by atoms with Gasteiger partial charge in [0.15, 0.2) is 0 Å². The number of ether oxygens (including phenoxy) is 1. The van der Waals surface area contributed by atoms with Crippen molar-refractivity contribution in [3.63, 3.8) is 0 Å². The largest absolute Gasteiger partial charge is 0.444 e. The van der Waals surface area contributed by atoms with E-state index >= 15 is 0 Å². The molecule has 1 aliphatic carbocycles. The van der Waals surface area contributed by atoms with Gasteiger partial charge in [-0.1, -0.05) is 30.3 Å². The highest BCUT2D eigenvalue weighted by atomic mass is 32.2. The molecule has 0 aromatic heterocycles. The van der Waals surface area contributed by atoms with Crippen LogP contribution < -0.4 is 0 Å². The Labute approximate surface area is 147 Å². The average Bonchev–Trinajstić information content (AvgIpc) is 3.07. The Morgan fingerprint density at radius 3 is 2.62 bits per heavy atom. The van der Waals surface area contributed by atoms with Crippen LogP contribution in [0.1, 0.15) is 45.6 Å². The second kappa shape index (κ2) is 6.87. The van der Waals surface area contributed by atoms with Gasteiger partial charge in [0.05, 0.1) is 0 Å². The molecule has 2 bridgehead atoms. The number of fused-ring (bicyclic) bond motifs is 2. The van der Waals surface area contributed by atoms with Gasteiger partial charge in [-0.2, -0.15) is 0 Å². The average molecular weight is 349 g/mol. The minimum atomic E-state index is -0.972. The van der Waals surface area contributed by atoms with E-state index in [2.05, 4.69) is 0 Å². The molecule has 0 spiro atoms.